The van der Waals surface area contributed by atoms with Gasteiger partial charge in [-0.15, -0.1) is 0 Å². The van der Waals surface area contributed by atoms with Crippen molar-refractivity contribution in [3.63, 3.8) is 0 Å². The number of hydrogen-bond donors (Lipinski definition) is 3. The summed E-state index contributed by atoms with van der Waals surface area (Å²) < 4.78 is 0. The molecule has 0 saturated heterocycles. The second kappa shape index (κ2) is 5.84. The van der Waals surface area contributed by atoms with Crippen LogP contribution in [0, 0.1) is 5.92 Å². The van der Waals surface area contributed by atoms with E-state index in [0.29, 0.717) is 6.42 Å². The Balaban J connectivity index is 2.38. The van der Waals surface area contributed by atoms with E-state index in [1.807, 2.05) is 6.92 Å². The molecule has 1 aliphatic carbocycles. The van der Waals surface area contributed by atoms with Crippen molar-refractivity contribution in [1.82, 2.24) is 5.32 Å². The van der Waals surface area contributed by atoms with E-state index >= 15 is 0 Å². The lowest BCUT2D eigenvalue weighted by Gasteiger charge is -2.17. The van der Waals surface area contributed by atoms with Gasteiger partial charge >= 0.3 is 5.97 Å². The van der Waals surface area contributed by atoms with Gasteiger partial charge in [0.25, 0.3) is 0 Å². The number of carbonyl (C=O) groups excluding carboxylic acids is 1. The zero-order valence-electron chi connectivity index (χ0n) is 9.61. The van der Waals surface area contributed by atoms with E-state index in [9.17, 15) is 9.59 Å². The van der Waals surface area contributed by atoms with Crippen LogP contribution in [0.5, 0.6) is 0 Å². The highest BCUT2D eigenvalue weighted by Gasteiger charge is 2.37. The zero-order valence-corrected chi connectivity index (χ0v) is 9.61. The van der Waals surface area contributed by atoms with Gasteiger partial charge in [-0.25, -0.2) is 4.79 Å². The first-order chi connectivity index (χ1) is 7.56. The van der Waals surface area contributed by atoms with Gasteiger partial charge in [0.05, 0.1) is 6.04 Å². The highest BCUT2D eigenvalue weighted by atomic mass is 16.4. The van der Waals surface area contributed by atoms with Crippen molar-refractivity contribution in [3.8, 4) is 0 Å². The van der Waals surface area contributed by atoms with Crippen molar-refractivity contribution in [2.45, 2.75) is 51.1 Å². The van der Waals surface area contributed by atoms with Crippen LogP contribution in [0.1, 0.15) is 39.0 Å². The van der Waals surface area contributed by atoms with Crippen LogP contribution < -0.4 is 11.1 Å². The van der Waals surface area contributed by atoms with E-state index in [1.54, 1.807) is 0 Å². The van der Waals surface area contributed by atoms with Crippen LogP contribution in [-0.4, -0.2) is 29.1 Å². The molecule has 0 aromatic heterocycles. The maximum Gasteiger partial charge on any atom is 0.326 e. The number of unbranched alkanes of at least 4 members (excludes halogenated alkanes) is 1. The molecule has 0 aliphatic heterocycles. The molecular weight excluding hydrogens is 208 g/mol. The summed E-state index contributed by atoms with van der Waals surface area (Å²) in [5.74, 6) is -1.20. The fraction of sp³-hybridized carbons (Fsp3) is 0.818. The normalized spacial score (nSPS) is 18.9. The van der Waals surface area contributed by atoms with Crippen molar-refractivity contribution in [2.75, 3.05) is 0 Å². The Morgan fingerprint density at radius 1 is 1.50 bits per heavy atom. The SMILES string of the molecule is CCCC[C@H](N)C(=O)NC(C(=O)O)C1CC1. The number of nitrogens with one attached hydrogen (secondary N) is 1. The van der Waals surface area contributed by atoms with Crippen molar-refractivity contribution in [1.29, 1.82) is 0 Å². The van der Waals surface area contributed by atoms with E-state index in [1.165, 1.54) is 0 Å². The first kappa shape index (κ1) is 13.0. The third kappa shape index (κ3) is 3.81. The lowest BCUT2D eigenvalue weighted by Crippen LogP contribution is -2.49. The highest BCUT2D eigenvalue weighted by molar-refractivity contribution is 5.87. The van der Waals surface area contributed by atoms with Gasteiger partial charge in [0, 0.05) is 0 Å². The molecule has 1 saturated carbocycles. The first-order valence-corrected chi connectivity index (χ1v) is 5.85. The van der Waals surface area contributed by atoms with Crippen molar-refractivity contribution >= 4 is 11.9 Å². The molecule has 0 aromatic carbocycles. The average Bonchev–Trinajstić information content (AvgIpc) is 3.05. The number of carboxylic acid groups (broad SMARTS) is 1. The Morgan fingerprint density at radius 3 is 2.56 bits per heavy atom. The summed E-state index contributed by atoms with van der Waals surface area (Å²) >= 11 is 0. The molecule has 1 amide bonds. The summed E-state index contributed by atoms with van der Waals surface area (Å²) in [5, 5.41) is 11.5. The Morgan fingerprint density at radius 2 is 2.12 bits per heavy atom. The smallest absolute Gasteiger partial charge is 0.326 e. The molecule has 1 unspecified atom stereocenters. The molecule has 0 aromatic rings. The lowest BCUT2D eigenvalue weighted by molar-refractivity contribution is -0.142. The van der Waals surface area contributed by atoms with Gasteiger partial charge in [-0.1, -0.05) is 19.8 Å². The van der Waals surface area contributed by atoms with Crippen LogP contribution in [0.2, 0.25) is 0 Å². The minimum atomic E-state index is -0.960. The van der Waals surface area contributed by atoms with Crippen LogP contribution in [-0.2, 0) is 9.59 Å². The number of nitrogens with two attached hydrogens (primary N) is 1. The number of carbonyl (C=O) groups is 2. The number of hydrogen-bond acceptors (Lipinski definition) is 3. The fourth-order valence-corrected chi connectivity index (χ4v) is 1.63. The van der Waals surface area contributed by atoms with Crippen molar-refractivity contribution in [2.24, 2.45) is 11.7 Å². The Kier molecular flexibility index (Phi) is 4.73. The highest BCUT2D eigenvalue weighted by Crippen LogP contribution is 2.32. The van der Waals surface area contributed by atoms with Crippen LogP contribution in [0.15, 0.2) is 0 Å². The molecule has 92 valence electrons. The van der Waals surface area contributed by atoms with E-state index < -0.39 is 18.1 Å². The minimum Gasteiger partial charge on any atom is -0.480 e. The summed E-state index contributed by atoms with van der Waals surface area (Å²) in [6.07, 6.45) is 4.23. The quantitative estimate of drug-likeness (QED) is 0.591. The summed E-state index contributed by atoms with van der Waals surface area (Å²) in [6, 6.07) is -1.33. The molecule has 2 atom stereocenters. The molecule has 1 fully saturated rings. The maximum atomic E-state index is 11.6. The Labute approximate surface area is 95.4 Å². The summed E-state index contributed by atoms with van der Waals surface area (Å²) in [7, 11) is 0. The molecule has 0 spiro atoms. The number of carboxylic acids is 1. The molecule has 5 heteroatoms. The van der Waals surface area contributed by atoms with Crippen LogP contribution in [0.25, 0.3) is 0 Å². The van der Waals surface area contributed by atoms with Crippen LogP contribution >= 0.6 is 0 Å². The molecule has 0 bridgehead atoms. The van der Waals surface area contributed by atoms with Gasteiger partial charge in [0.1, 0.15) is 6.04 Å². The molecule has 0 radical (unpaired) electrons. The molecule has 1 aliphatic rings. The zero-order chi connectivity index (χ0) is 12.1. The van der Waals surface area contributed by atoms with Crippen LogP contribution in [0.4, 0.5) is 0 Å². The van der Waals surface area contributed by atoms with E-state index in [-0.39, 0.29) is 11.8 Å². The molecule has 16 heavy (non-hydrogen) atoms. The number of amides is 1. The van der Waals surface area contributed by atoms with Crippen molar-refractivity contribution < 1.29 is 14.7 Å². The molecule has 1 rings (SSSR count). The second-order valence-corrected chi connectivity index (χ2v) is 4.41. The van der Waals surface area contributed by atoms with Gasteiger partial charge in [0.2, 0.25) is 5.91 Å². The largest absolute Gasteiger partial charge is 0.480 e. The van der Waals surface area contributed by atoms with Gasteiger partial charge in [-0.05, 0) is 25.2 Å². The summed E-state index contributed by atoms with van der Waals surface area (Å²) in [5.41, 5.74) is 5.67. The standard InChI is InChI=1S/C11H20N2O3/c1-2-3-4-8(12)10(14)13-9(11(15)16)7-5-6-7/h7-9H,2-6,12H2,1H3,(H,13,14)(H,15,16)/t8-,9?/m0/s1. The predicted octanol–water partition coefficient (Wildman–Crippen LogP) is 0.483. The van der Waals surface area contributed by atoms with E-state index in [0.717, 1.165) is 25.7 Å². The molecule has 0 heterocycles. The summed E-state index contributed by atoms with van der Waals surface area (Å²) in [6.45, 7) is 2.02. The third-order valence-electron chi connectivity index (χ3n) is 2.86. The molecule has 5 nitrogen and oxygen atoms in total. The topological polar surface area (TPSA) is 92.4 Å². The Bertz CT molecular complexity index is 264. The second-order valence-electron chi connectivity index (χ2n) is 4.41. The summed E-state index contributed by atoms with van der Waals surface area (Å²) in [4.78, 5) is 22.5. The molecular formula is C11H20N2O3. The van der Waals surface area contributed by atoms with Gasteiger partial charge in [-0.2, -0.15) is 0 Å². The van der Waals surface area contributed by atoms with E-state index in [4.69, 9.17) is 10.8 Å². The third-order valence-corrected chi connectivity index (χ3v) is 2.86. The van der Waals surface area contributed by atoms with Crippen molar-refractivity contribution in [3.05, 3.63) is 0 Å². The number of aliphatic carboxylic acids is 1. The monoisotopic (exact) mass is 228 g/mol. The van der Waals surface area contributed by atoms with Gasteiger partial charge in [-0.3, -0.25) is 4.79 Å². The van der Waals surface area contributed by atoms with Gasteiger partial charge in [0.15, 0.2) is 0 Å². The predicted molar refractivity (Wildman–Crippen MR) is 59.8 cm³/mol. The Hall–Kier alpha value is -1.10. The number of rotatable bonds is 7. The van der Waals surface area contributed by atoms with Gasteiger partial charge < -0.3 is 16.2 Å². The van der Waals surface area contributed by atoms with Crippen LogP contribution in [0.3, 0.4) is 0 Å². The minimum absolute atomic E-state index is 0.0971. The van der Waals surface area contributed by atoms with E-state index in [2.05, 4.69) is 5.32 Å². The first-order valence-electron chi connectivity index (χ1n) is 5.85. The fourth-order valence-electron chi connectivity index (χ4n) is 1.63. The lowest BCUT2D eigenvalue weighted by atomic mass is 10.1. The average molecular weight is 228 g/mol. The maximum absolute atomic E-state index is 11.6. The molecule has 4 N–H and O–H groups in total.